The van der Waals surface area contributed by atoms with Crippen molar-refractivity contribution in [3.8, 4) is 11.4 Å². The molecule has 0 amide bonds. The van der Waals surface area contributed by atoms with Crippen molar-refractivity contribution in [2.45, 2.75) is 0 Å². The molecule has 6 heteroatoms. The first-order valence-electron chi connectivity index (χ1n) is 3.97. The molecule has 0 saturated carbocycles. The SMILES string of the molecule is O=C(O)c1cc(Cl)nc(-c2ccsc2)n1. The zero-order valence-corrected chi connectivity index (χ0v) is 8.92. The Morgan fingerprint density at radius 2 is 2.27 bits per heavy atom. The van der Waals surface area contributed by atoms with Crippen LogP contribution in [-0.4, -0.2) is 21.0 Å². The molecule has 76 valence electrons. The molecule has 2 aromatic rings. The van der Waals surface area contributed by atoms with E-state index in [1.807, 2.05) is 16.8 Å². The highest BCUT2D eigenvalue weighted by molar-refractivity contribution is 7.08. The fraction of sp³-hybridized carbons (Fsp3) is 0. The summed E-state index contributed by atoms with van der Waals surface area (Å²) in [4.78, 5) is 18.6. The molecule has 0 aliphatic rings. The largest absolute Gasteiger partial charge is 0.477 e. The normalized spacial score (nSPS) is 10.2. The van der Waals surface area contributed by atoms with Gasteiger partial charge in [0.2, 0.25) is 0 Å². The van der Waals surface area contributed by atoms with Gasteiger partial charge in [0.15, 0.2) is 11.5 Å². The van der Waals surface area contributed by atoms with E-state index in [-0.39, 0.29) is 10.8 Å². The monoisotopic (exact) mass is 240 g/mol. The van der Waals surface area contributed by atoms with E-state index in [1.54, 1.807) is 0 Å². The van der Waals surface area contributed by atoms with Crippen LogP contribution in [0.1, 0.15) is 10.5 Å². The molecule has 1 N–H and O–H groups in total. The highest BCUT2D eigenvalue weighted by atomic mass is 35.5. The number of carboxylic acids is 1. The Kier molecular flexibility index (Phi) is 2.66. The van der Waals surface area contributed by atoms with Gasteiger partial charge >= 0.3 is 5.97 Å². The molecule has 0 atom stereocenters. The first-order valence-corrected chi connectivity index (χ1v) is 5.29. The van der Waals surface area contributed by atoms with Crippen molar-refractivity contribution >= 4 is 28.9 Å². The van der Waals surface area contributed by atoms with Gasteiger partial charge in [-0.3, -0.25) is 0 Å². The van der Waals surface area contributed by atoms with E-state index in [0.717, 1.165) is 5.56 Å². The van der Waals surface area contributed by atoms with E-state index in [0.29, 0.717) is 5.82 Å². The Bertz CT molecular complexity index is 499. The number of hydrogen-bond acceptors (Lipinski definition) is 4. The average molecular weight is 241 g/mol. The van der Waals surface area contributed by atoms with Crippen molar-refractivity contribution in [1.29, 1.82) is 0 Å². The molecule has 4 nitrogen and oxygen atoms in total. The van der Waals surface area contributed by atoms with Crippen molar-refractivity contribution in [2.75, 3.05) is 0 Å². The number of carbonyl (C=O) groups is 1. The topological polar surface area (TPSA) is 63.1 Å². The summed E-state index contributed by atoms with van der Waals surface area (Å²) in [5, 5.41) is 12.6. The predicted octanol–water partition coefficient (Wildman–Crippen LogP) is 2.56. The smallest absolute Gasteiger partial charge is 0.354 e. The lowest BCUT2D eigenvalue weighted by Crippen LogP contribution is -2.02. The number of hydrogen-bond donors (Lipinski definition) is 1. The molecule has 0 saturated heterocycles. The summed E-state index contributed by atoms with van der Waals surface area (Å²) in [5.41, 5.74) is 0.668. The van der Waals surface area contributed by atoms with Crippen LogP contribution in [0.4, 0.5) is 0 Å². The molecule has 0 bridgehead atoms. The predicted molar refractivity (Wildman–Crippen MR) is 57.3 cm³/mol. The van der Waals surface area contributed by atoms with Crippen LogP contribution in [0.25, 0.3) is 11.4 Å². The van der Waals surface area contributed by atoms with Crippen molar-refractivity contribution in [1.82, 2.24) is 9.97 Å². The van der Waals surface area contributed by atoms with Gasteiger partial charge in [-0.1, -0.05) is 11.6 Å². The molecule has 2 heterocycles. The molecule has 2 rings (SSSR count). The third-order valence-electron chi connectivity index (χ3n) is 1.69. The summed E-state index contributed by atoms with van der Waals surface area (Å²) in [6.45, 7) is 0. The van der Waals surface area contributed by atoms with Gasteiger partial charge in [-0.2, -0.15) is 11.3 Å². The minimum absolute atomic E-state index is 0.101. The second kappa shape index (κ2) is 3.96. The molecule has 0 spiro atoms. The number of aromatic carboxylic acids is 1. The number of aromatic nitrogens is 2. The van der Waals surface area contributed by atoms with Gasteiger partial charge in [-0.05, 0) is 11.4 Å². The van der Waals surface area contributed by atoms with Crippen LogP contribution in [0.2, 0.25) is 5.15 Å². The zero-order valence-electron chi connectivity index (χ0n) is 7.35. The molecule has 0 fully saturated rings. The van der Waals surface area contributed by atoms with Crippen LogP contribution in [0.15, 0.2) is 22.9 Å². The lowest BCUT2D eigenvalue weighted by molar-refractivity contribution is 0.0690. The Morgan fingerprint density at radius 3 is 2.87 bits per heavy atom. The number of carboxylic acid groups (broad SMARTS) is 1. The summed E-state index contributed by atoms with van der Waals surface area (Å²) in [7, 11) is 0. The number of thiophene rings is 1. The van der Waals surface area contributed by atoms with Crippen molar-refractivity contribution in [3.63, 3.8) is 0 Å². The Morgan fingerprint density at radius 1 is 1.47 bits per heavy atom. The maximum atomic E-state index is 10.7. The van der Waals surface area contributed by atoms with Crippen LogP contribution in [0, 0.1) is 0 Å². The Labute approximate surface area is 94.2 Å². The van der Waals surface area contributed by atoms with E-state index in [4.69, 9.17) is 16.7 Å². The van der Waals surface area contributed by atoms with E-state index < -0.39 is 5.97 Å². The van der Waals surface area contributed by atoms with E-state index in [1.165, 1.54) is 17.4 Å². The molecule has 0 radical (unpaired) electrons. The Hall–Kier alpha value is -1.46. The minimum Gasteiger partial charge on any atom is -0.477 e. The van der Waals surface area contributed by atoms with Crippen LogP contribution in [0.3, 0.4) is 0 Å². The van der Waals surface area contributed by atoms with E-state index >= 15 is 0 Å². The first-order chi connectivity index (χ1) is 7.16. The second-order valence-electron chi connectivity index (χ2n) is 2.72. The maximum absolute atomic E-state index is 10.7. The van der Waals surface area contributed by atoms with Gasteiger partial charge in [0, 0.05) is 17.0 Å². The first kappa shape index (κ1) is 10.1. The second-order valence-corrected chi connectivity index (χ2v) is 3.88. The van der Waals surface area contributed by atoms with Crippen LogP contribution >= 0.6 is 22.9 Å². The van der Waals surface area contributed by atoms with Crippen LogP contribution in [-0.2, 0) is 0 Å². The lowest BCUT2D eigenvalue weighted by Gasteiger charge is -1.99. The van der Waals surface area contributed by atoms with Gasteiger partial charge in [0.1, 0.15) is 5.15 Å². The molecule has 0 unspecified atom stereocenters. The van der Waals surface area contributed by atoms with Gasteiger partial charge in [-0.15, -0.1) is 0 Å². The number of halogens is 1. The summed E-state index contributed by atoms with van der Waals surface area (Å²) < 4.78 is 0. The highest BCUT2D eigenvalue weighted by Gasteiger charge is 2.10. The van der Waals surface area contributed by atoms with Gasteiger partial charge in [-0.25, -0.2) is 14.8 Å². The zero-order chi connectivity index (χ0) is 10.8. The molecule has 15 heavy (non-hydrogen) atoms. The molecule has 0 aliphatic carbocycles. The lowest BCUT2D eigenvalue weighted by atomic mass is 10.3. The van der Waals surface area contributed by atoms with Gasteiger partial charge in [0.25, 0.3) is 0 Å². The van der Waals surface area contributed by atoms with Gasteiger partial charge in [0.05, 0.1) is 0 Å². The van der Waals surface area contributed by atoms with Crippen molar-refractivity contribution in [3.05, 3.63) is 33.7 Å². The van der Waals surface area contributed by atoms with Crippen LogP contribution < -0.4 is 0 Å². The van der Waals surface area contributed by atoms with E-state index in [9.17, 15) is 4.79 Å². The van der Waals surface area contributed by atoms with Crippen LogP contribution in [0.5, 0.6) is 0 Å². The molecular weight excluding hydrogens is 236 g/mol. The van der Waals surface area contributed by atoms with Gasteiger partial charge < -0.3 is 5.11 Å². The Balaban J connectivity index is 2.54. The van der Waals surface area contributed by atoms with Crippen molar-refractivity contribution < 1.29 is 9.90 Å². The third-order valence-corrected chi connectivity index (χ3v) is 2.57. The maximum Gasteiger partial charge on any atom is 0.354 e. The molecule has 2 aromatic heterocycles. The third kappa shape index (κ3) is 2.14. The quantitative estimate of drug-likeness (QED) is 0.820. The minimum atomic E-state index is -1.12. The fourth-order valence-corrected chi connectivity index (χ4v) is 1.87. The van der Waals surface area contributed by atoms with E-state index in [2.05, 4.69) is 9.97 Å². The number of rotatable bonds is 2. The highest BCUT2D eigenvalue weighted by Crippen LogP contribution is 2.20. The molecule has 0 aliphatic heterocycles. The molecule has 0 aromatic carbocycles. The molecular formula is C9H5ClN2O2S. The summed E-state index contributed by atoms with van der Waals surface area (Å²) in [6, 6.07) is 3.03. The summed E-state index contributed by atoms with van der Waals surface area (Å²) in [5.74, 6) is -0.781. The standard InChI is InChI=1S/C9H5ClN2O2S/c10-7-3-6(9(13)14)11-8(12-7)5-1-2-15-4-5/h1-4H,(H,13,14). The fourth-order valence-electron chi connectivity index (χ4n) is 1.05. The number of nitrogens with zero attached hydrogens (tertiary/aromatic N) is 2. The summed E-state index contributed by atoms with van der Waals surface area (Å²) in [6.07, 6.45) is 0. The van der Waals surface area contributed by atoms with Crippen molar-refractivity contribution in [2.24, 2.45) is 0 Å². The average Bonchev–Trinajstić information content (AvgIpc) is 2.69. The summed E-state index contributed by atoms with van der Waals surface area (Å²) >= 11 is 7.18.